The van der Waals surface area contributed by atoms with Crippen LogP contribution in [0.2, 0.25) is 0 Å². The lowest BCUT2D eigenvalue weighted by atomic mass is 10.1. The van der Waals surface area contributed by atoms with Crippen LogP contribution < -0.4 is 0 Å². The third kappa shape index (κ3) is 1.90. The van der Waals surface area contributed by atoms with Crippen LogP contribution in [0.1, 0.15) is 15.2 Å². The van der Waals surface area contributed by atoms with Crippen LogP contribution in [0.5, 0.6) is 0 Å². The lowest BCUT2D eigenvalue weighted by molar-refractivity contribution is -0.384. The first-order valence-electron chi connectivity index (χ1n) is 5.92. The minimum atomic E-state index is -0.462. The number of nitro benzene ring substituents is 1. The summed E-state index contributed by atoms with van der Waals surface area (Å²) >= 11 is 1.57. The predicted octanol–water partition coefficient (Wildman–Crippen LogP) is 3.93. The Morgan fingerprint density at radius 3 is 2.70 bits per heavy atom. The Hall–Kier alpha value is -2.47. The number of H-pyrrole nitrogens is 1. The number of carbonyl (C=O) groups is 1. The van der Waals surface area contributed by atoms with E-state index in [0.717, 1.165) is 21.6 Å². The SMILES string of the molecule is Cc1ccc(-c2[nH]c3ccc([N+](=O)[O-])cc3c2C=O)s1. The van der Waals surface area contributed by atoms with Gasteiger partial charge in [-0.3, -0.25) is 14.9 Å². The number of benzene rings is 1. The number of thiophene rings is 1. The molecule has 0 saturated carbocycles. The molecule has 3 rings (SSSR count). The number of carbonyl (C=O) groups excluding carboxylic acids is 1. The second-order valence-electron chi connectivity index (χ2n) is 4.43. The van der Waals surface area contributed by atoms with Crippen molar-refractivity contribution in [1.29, 1.82) is 0 Å². The van der Waals surface area contributed by atoms with Crippen LogP contribution in [0.15, 0.2) is 30.3 Å². The van der Waals surface area contributed by atoms with Crippen LogP contribution >= 0.6 is 11.3 Å². The molecule has 0 fully saturated rings. The van der Waals surface area contributed by atoms with Gasteiger partial charge >= 0.3 is 0 Å². The lowest BCUT2D eigenvalue weighted by Crippen LogP contribution is -1.87. The summed E-state index contributed by atoms with van der Waals surface area (Å²) in [6.45, 7) is 1.99. The van der Waals surface area contributed by atoms with Crippen LogP contribution in [0.3, 0.4) is 0 Å². The van der Waals surface area contributed by atoms with Crippen molar-refractivity contribution in [3.8, 4) is 10.6 Å². The Labute approximate surface area is 118 Å². The number of nitrogens with zero attached hydrogens (tertiary/aromatic N) is 1. The molecule has 0 bridgehead atoms. The fraction of sp³-hybridized carbons (Fsp3) is 0.0714. The number of nitro groups is 1. The third-order valence-corrected chi connectivity index (χ3v) is 4.16. The highest BCUT2D eigenvalue weighted by Gasteiger charge is 2.16. The van der Waals surface area contributed by atoms with E-state index in [0.29, 0.717) is 16.6 Å². The van der Waals surface area contributed by atoms with Crippen molar-refractivity contribution in [3.05, 3.63) is 50.9 Å². The van der Waals surface area contributed by atoms with Gasteiger partial charge in [-0.1, -0.05) is 0 Å². The number of aromatic nitrogens is 1. The molecule has 0 saturated heterocycles. The number of fused-ring (bicyclic) bond motifs is 1. The summed E-state index contributed by atoms with van der Waals surface area (Å²) in [7, 11) is 0. The molecule has 0 aliphatic rings. The normalized spacial score (nSPS) is 10.8. The first-order valence-corrected chi connectivity index (χ1v) is 6.74. The van der Waals surface area contributed by atoms with Crippen molar-refractivity contribution in [2.75, 3.05) is 0 Å². The molecule has 0 spiro atoms. The number of rotatable bonds is 3. The highest BCUT2D eigenvalue weighted by Crippen LogP contribution is 2.34. The van der Waals surface area contributed by atoms with Gasteiger partial charge in [-0.15, -0.1) is 11.3 Å². The summed E-state index contributed by atoms with van der Waals surface area (Å²) in [5, 5.41) is 11.4. The molecule has 20 heavy (non-hydrogen) atoms. The zero-order chi connectivity index (χ0) is 14.3. The smallest absolute Gasteiger partial charge is 0.270 e. The summed E-state index contributed by atoms with van der Waals surface area (Å²) in [5.74, 6) is 0. The van der Waals surface area contributed by atoms with Crippen LogP contribution in [-0.2, 0) is 0 Å². The van der Waals surface area contributed by atoms with Crippen LogP contribution in [-0.4, -0.2) is 16.2 Å². The van der Waals surface area contributed by atoms with Gasteiger partial charge in [0.1, 0.15) is 0 Å². The number of hydrogen-bond acceptors (Lipinski definition) is 4. The predicted molar refractivity (Wildman–Crippen MR) is 78.4 cm³/mol. The fourth-order valence-electron chi connectivity index (χ4n) is 2.20. The van der Waals surface area contributed by atoms with Crippen molar-refractivity contribution in [1.82, 2.24) is 4.98 Å². The molecule has 0 aliphatic heterocycles. The molecule has 1 aromatic carbocycles. The number of aromatic amines is 1. The minimum absolute atomic E-state index is 0.0199. The maximum Gasteiger partial charge on any atom is 0.270 e. The first-order chi connectivity index (χ1) is 9.60. The second-order valence-corrected chi connectivity index (χ2v) is 5.72. The zero-order valence-corrected chi connectivity index (χ0v) is 11.4. The minimum Gasteiger partial charge on any atom is -0.353 e. The maximum absolute atomic E-state index is 11.4. The van der Waals surface area contributed by atoms with E-state index in [9.17, 15) is 14.9 Å². The molecule has 100 valence electrons. The monoisotopic (exact) mass is 286 g/mol. The van der Waals surface area contributed by atoms with Gasteiger partial charge in [0.05, 0.1) is 15.5 Å². The molecular formula is C14H10N2O3S. The summed E-state index contributed by atoms with van der Waals surface area (Å²) in [6, 6.07) is 8.40. The average Bonchev–Trinajstić information content (AvgIpc) is 3.00. The molecule has 3 aromatic rings. The van der Waals surface area contributed by atoms with Crippen LogP contribution in [0.4, 0.5) is 5.69 Å². The third-order valence-electron chi connectivity index (χ3n) is 3.14. The van der Waals surface area contributed by atoms with Gasteiger partial charge in [-0.05, 0) is 25.1 Å². The topological polar surface area (TPSA) is 76.0 Å². The van der Waals surface area contributed by atoms with E-state index in [-0.39, 0.29) is 5.69 Å². The molecule has 2 heterocycles. The number of nitrogens with one attached hydrogen (secondary N) is 1. The molecule has 5 nitrogen and oxygen atoms in total. The van der Waals surface area contributed by atoms with Gasteiger partial charge < -0.3 is 4.98 Å². The molecule has 1 N–H and O–H groups in total. The van der Waals surface area contributed by atoms with E-state index >= 15 is 0 Å². The average molecular weight is 286 g/mol. The molecular weight excluding hydrogens is 276 g/mol. The Kier molecular flexibility index (Phi) is 2.87. The Morgan fingerprint density at radius 2 is 2.10 bits per heavy atom. The molecule has 6 heteroatoms. The Bertz CT molecular complexity index is 832. The van der Waals surface area contributed by atoms with E-state index < -0.39 is 4.92 Å². The van der Waals surface area contributed by atoms with Gasteiger partial charge in [-0.2, -0.15) is 0 Å². The standard InChI is InChI=1S/C14H10N2O3S/c1-8-2-5-13(20-8)14-11(7-17)10-6-9(16(18)19)3-4-12(10)15-14/h2-7,15H,1H3. The van der Waals surface area contributed by atoms with E-state index in [1.54, 1.807) is 17.4 Å². The quantitative estimate of drug-likeness (QED) is 0.450. The van der Waals surface area contributed by atoms with Crippen molar-refractivity contribution < 1.29 is 9.72 Å². The first kappa shape index (κ1) is 12.6. The van der Waals surface area contributed by atoms with Crippen molar-refractivity contribution >= 4 is 34.2 Å². The largest absolute Gasteiger partial charge is 0.353 e. The maximum atomic E-state index is 11.4. The van der Waals surface area contributed by atoms with E-state index in [1.807, 2.05) is 19.1 Å². The fourth-order valence-corrected chi connectivity index (χ4v) is 3.08. The highest BCUT2D eigenvalue weighted by molar-refractivity contribution is 7.15. The van der Waals surface area contributed by atoms with E-state index in [1.165, 1.54) is 12.1 Å². The molecule has 2 aromatic heterocycles. The summed E-state index contributed by atoms with van der Waals surface area (Å²) in [4.78, 5) is 27.0. The van der Waals surface area contributed by atoms with Crippen LogP contribution in [0, 0.1) is 17.0 Å². The van der Waals surface area contributed by atoms with Crippen molar-refractivity contribution in [2.24, 2.45) is 0 Å². The zero-order valence-electron chi connectivity index (χ0n) is 10.5. The number of aryl methyl sites for hydroxylation is 1. The number of hydrogen-bond donors (Lipinski definition) is 1. The molecule has 0 radical (unpaired) electrons. The molecule has 0 aliphatic carbocycles. The van der Waals surface area contributed by atoms with Gasteiger partial charge in [0.2, 0.25) is 0 Å². The van der Waals surface area contributed by atoms with E-state index in [4.69, 9.17) is 0 Å². The number of aldehydes is 1. The van der Waals surface area contributed by atoms with Crippen molar-refractivity contribution in [3.63, 3.8) is 0 Å². The van der Waals surface area contributed by atoms with Gasteiger partial charge in [0.15, 0.2) is 6.29 Å². The van der Waals surface area contributed by atoms with Gasteiger partial charge in [0.25, 0.3) is 5.69 Å². The second kappa shape index (κ2) is 4.57. The Morgan fingerprint density at radius 1 is 1.30 bits per heavy atom. The molecule has 0 atom stereocenters. The summed E-state index contributed by atoms with van der Waals surface area (Å²) in [5.41, 5.74) is 1.88. The summed E-state index contributed by atoms with van der Waals surface area (Å²) < 4.78 is 0. The lowest BCUT2D eigenvalue weighted by Gasteiger charge is -1.94. The molecule has 0 unspecified atom stereocenters. The highest BCUT2D eigenvalue weighted by atomic mass is 32.1. The molecule has 0 amide bonds. The van der Waals surface area contributed by atoms with Gasteiger partial charge in [0, 0.05) is 33.5 Å². The number of non-ortho nitro benzene ring substituents is 1. The summed E-state index contributed by atoms with van der Waals surface area (Å²) in [6.07, 6.45) is 0.743. The Balaban J connectivity index is 2.28. The van der Waals surface area contributed by atoms with E-state index in [2.05, 4.69) is 4.98 Å². The van der Waals surface area contributed by atoms with Crippen molar-refractivity contribution in [2.45, 2.75) is 6.92 Å². The van der Waals surface area contributed by atoms with Gasteiger partial charge in [-0.25, -0.2) is 0 Å². The van der Waals surface area contributed by atoms with Crippen LogP contribution in [0.25, 0.3) is 21.5 Å².